The molecule has 2 rings (SSSR count). The number of aryl methyl sites for hydroxylation is 1. The number of nitrogens with two attached hydrogens (primary N) is 1. The van der Waals surface area contributed by atoms with Crippen LogP contribution < -0.4 is 15.8 Å². The van der Waals surface area contributed by atoms with Crippen LogP contribution in [0.1, 0.15) is 15.9 Å². The van der Waals surface area contributed by atoms with Crippen LogP contribution in [0.15, 0.2) is 36.4 Å². The Morgan fingerprint density at radius 2 is 2.00 bits per heavy atom. The third kappa shape index (κ3) is 2.88. The van der Waals surface area contributed by atoms with Gasteiger partial charge in [0.15, 0.2) is 0 Å². The van der Waals surface area contributed by atoms with Gasteiger partial charge in [0.2, 0.25) is 0 Å². The van der Waals surface area contributed by atoms with Crippen molar-refractivity contribution in [1.82, 2.24) is 0 Å². The molecule has 20 heavy (non-hydrogen) atoms. The van der Waals surface area contributed by atoms with Gasteiger partial charge in [-0.15, -0.1) is 0 Å². The molecule has 2 aromatic carbocycles. The molecule has 5 heteroatoms. The van der Waals surface area contributed by atoms with Gasteiger partial charge in [0.1, 0.15) is 11.6 Å². The second-order valence-corrected chi connectivity index (χ2v) is 4.39. The molecule has 0 bridgehead atoms. The average molecular weight is 274 g/mol. The molecule has 0 saturated carbocycles. The van der Waals surface area contributed by atoms with Crippen LogP contribution in [0.4, 0.5) is 15.8 Å². The summed E-state index contributed by atoms with van der Waals surface area (Å²) in [6.45, 7) is 1.89. The lowest BCUT2D eigenvalue weighted by Gasteiger charge is -2.12. The van der Waals surface area contributed by atoms with E-state index >= 15 is 0 Å². The quantitative estimate of drug-likeness (QED) is 0.846. The highest BCUT2D eigenvalue weighted by Gasteiger charge is 2.13. The molecule has 0 radical (unpaired) electrons. The number of rotatable bonds is 3. The first kappa shape index (κ1) is 13.9. The number of nitrogens with one attached hydrogen (secondary N) is 1. The highest BCUT2D eigenvalue weighted by Crippen LogP contribution is 2.26. The van der Waals surface area contributed by atoms with Crippen molar-refractivity contribution in [2.45, 2.75) is 6.92 Å². The maximum atomic E-state index is 13.2. The maximum absolute atomic E-state index is 13.2. The zero-order valence-electron chi connectivity index (χ0n) is 11.2. The number of nitrogen functional groups attached to an aromatic ring is 1. The van der Waals surface area contributed by atoms with Crippen LogP contribution in [0.25, 0.3) is 0 Å². The summed E-state index contributed by atoms with van der Waals surface area (Å²) in [5.74, 6) is -0.467. The van der Waals surface area contributed by atoms with E-state index < -0.39 is 11.7 Å². The molecule has 2 aromatic rings. The van der Waals surface area contributed by atoms with Gasteiger partial charge in [-0.1, -0.05) is 6.07 Å². The van der Waals surface area contributed by atoms with Gasteiger partial charge in [-0.2, -0.15) is 0 Å². The van der Waals surface area contributed by atoms with Crippen molar-refractivity contribution in [2.75, 3.05) is 18.2 Å². The number of ether oxygens (including phenoxy) is 1. The zero-order chi connectivity index (χ0) is 14.7. The van der Waals surface area contributed by atoms with Crippen LogP contribution in [0.3, 0.4) is 0 Å². The average Bonchev–Trinajstić information content (AvgIpc) is 2.41. The Kier molecular flexibility index (Phi) is 3.89. The Morgan fingerprint density at radius 1 is 1.25 bits per heavy atom. The molecule has 4 nitrogen and oxygen atoms in total. The number of amides is 1. The predicted octanol–water partition coefficient (Wildman–Crippen LogP) is 2.98. The van der Waals surface area contributed by atoms with E-state index in [0.717, 1.165) is 11.6 Å². The first-order valence-electron chi connectivity index (χ1n) is 6.02. The fraction of sp³-hybridized carbons (Fsp3) is 0.133. The van der Waals surface area contributed by atoms with Crippen LogP contribution in [-0.2, 0) is 0 Å². The van der Waals surface area contributed by atoms with E-state index in [9.17, 15) is 9.18 Å². The molecule has 0 unspecified atom stereocenters. The van der Waals surface area contributed by atoms with Gasteiger partial charge in [-0.25, -0.2) is 4.39 Å². The number of hydrogen-bond acceptors (Lipinski definition) is 3. The van der Waals surface area contributed by atoms with E-state index in [1.165, 1.54) is 19.2 Å². The lowest BCUT2D eigenvalue weighted by atomic mass is 10.1. The normalized spacial score (nSPS) is 10.2. The Labute approximate surface area is 116 Å². The van der Waals surface area contributed by atoms with E-state index in [4.69, 9.17) is 10.5 Å². The molecule has 0 aliphatic heterocycles. The summed E-state index contributed by atoms with van der Waals surface area (Å²) in [6, 6.07) is 9.06. The first-order chi connectivity index (χ1) is 9.51. The van der Waals surface area contributed by atoms with Gasteiger partial charge < -0.3 is 15.8 Å². The van der Waals surface area contributed by atoms with Crippen LogP contribution in [-0.4, -0.2) is 13.0 Å². The first-order valence-corrected chi connectivity index (χ1v) is 6.02. The lowest BCUT2D eigenvalue weighted by molar-refractivity contribution is 0.102. The number of halogens is 1. The number of hydrogen-bond donors (Lipinski definition) is 2. The Balaban J connectivity index is 2.32. The molecule has 0 aromatic heterocycles. The van der Waals surface area contributed by atoms with Crippen molar-refractivity contribution in [1.29, 1.82) is 0 Å². The number of anilines is 2. The van der Waals surface area contributed by atoms with Gasteiger partial charge in [-0.05, 0) is 42.8 Å². The summed E-state index contributed by atoms with van der Waals surface area (Å²) in [5.41, 5.74) is 7.48. The molecule has 0 aliphatic rings. The summed E-state index contributed by atoms with van der Waals surface area (Å²) in [6.07, 6.45) is 0. The van der Waals surface area contributed by atoms with Crippen molar-refractivity contribution in [2.24, 2.45) is 0 Å². The van der Waals surface area contributed by atoms with E-state index in [2.05, 4.69) is 5.32 Å². The van der Waals surface area contributed by atoms with Crippen molar-refractivity contribution < 1.29 is 13.9 Å². The standard InChI is InChI=1S/C15H15FN2O2/c1-9-3-6-14(20-2)13(7-9)18-15(19)11-8-10(16)4-5-12(11)17/h3-8H,17H2,1-2H3,(H,18,19). The summed E-state index contributed by atoms with van der Waals surface area (Å²) in [4.78, 5) is 12.2. The Bertz CT molecular complexity index is 656. The number of benzene rings is 2. The highest BCUT2D eigenvalue weighted by atomic mass is 19.1. The third-order valence-electron chi connectivity index (χ3n) is 2.86. The summed E-state index contributed by atoms with van der Waals surface area (Å²) < 4.78 is 18.4. The number of methoxy groups -OCH3 is 1. The van der Waals surface area contributed by atoms with Crippen LogP contribution in [0, 0.1) is 12.7 Å². The van der Waals surface area contributed by atoms with E-state index in [1.54, 1.807) is 12.1 Å². The maximum Gasteiger partial charge on any atom is 0.257 e. The van der Waals surface area contributed by atoms with E-state index in [1.807, 2.05) is 13.0 Å². The van der Waals surface area contributed by atoms with Gasteiger partial charge in [0, 0.05) is 5.69 Å². The summed E-state index contributed by atoms with van der Waals surface area (Å²) >= 11 is 0. The van der Waals surface area contributed by atoms with Crippen LogP contribution in [0.2, 0.25) is 0 Å². The van der Waals surface area contributed by atoms with Crippen molar-refractivity contribution in [3.05, 3.63) is 53.3 Å². The molecule has 0 aliphatic carbocycles. The smallest absolute Gasteiger partial charge is 0.257 e. The molecule has 3 N–H and O–H groups in total. The second kappa shape index (κ2) is 5.61. The molecular formula is C15H15FN2O2. The van der Waals surface area contributed by atoms with Crippen molar-refractivity contribution in [3.63, 3.8) is 0 Å². The van der Waals surface area contributed by atoms with Crippen molar-refractivity contribution >= 4 is 17.3 Å². The topological polar surface area (TPSA) is 64.3 Å². The summed E-state index contributed by atoms with van der Waals surface area (Å²) in [5, 5.41) is 2.68. The molecule has 0 saturated heterocycles. The number of carbonyl (C=O) groups excluding carboxylic acids is 1. The largest absolute Gasteiger partial charge is 0.495 e. The fourth-order valence-corrected chi connectivity index (χ4v) is 1.83. The molecular weight excluding hydrogens is 259 g/mol. The van der Waals surface area contributed by atoms with Crippen LogP contribution in [0.5, 0.6) is 5.75 Å². The minimum atomic E-state index is -0.513. The lowest BCUT2D eigenvalue weighted by Crippen LogP contribution is -2.15. The number of carbonyl (C=O) groups is 1. The highest BCUT2D eigenvalue weighted by molar-refractivity contribution is 6.08. The minimum Gasteiger partial charge on any atom is -0.495 e. The summed E-state index contributed by atoms with van der Waals surface area (Å²) in [7, 11) is 1.51. The molecule has 0 heterocycles. The molecule has 0 fully saturated rings. The molecule has 1 amide bonds. The van der Waals surface area contributed by atoms with Gasteiger partial charge in [0.05, 0.1) is 18.4 Å². The third-order valence-corrected chi connectivity index (χ3v) is 2.86. The van der Waals surface area contributed by atoms with E-state index in [-0.39, 0.29) is 11.3 Å². The van der Waals surface area contributed by atoms with Crippen LogP contribution >= 0.6 is 0 Å². The molecule has 0 spiro atoms. The van der Waals surface area contributed by atoms with Gasteiger partial charge in [0.25, 0.3) is 5.91 Å². The van der Waals surface area contributed by atoms with E-state index in [0.29, 0.717) is 11.4 Å². The fourth-order valence-electron chi connectivity index (χ4n) is 1.83. The Morgan fingerprint density at radius 3 is 2.70 bits per heavy atom. The predicted molar refractivity (Wildman–Crippen MR) is 76.5 cm³/mol. The van der Waals surface area contributed by atoms with Crippen molar-refractivity contribution in [3.8, 4) is 5.75 Å². The zero-order valence-corrected chi connectivity index (χ0v) is 11.2. The van der Waals surface area contributed by atoms with Gasteiger partial charge in [-0.3, -0.25) is 4.79 Å². The monoisotopic (exact) mass is 274 g/mol. The minimum absolute atomic E-state index is 0.0913. The SMILES string of the molecule is COc1ccc(C)cc1NC(=O)c1cc(F)ccc1N. The second-order valence-electron chi connectivity index (χ2n) is 4.39. The van der Waals surface area contributed by atoms with Gasteiger partial charge >= 0.3 is 0 Å². The Hall–Kier alpha value is -2.56. The molecule has 104 valence electrons. The molecule has 0 atom stereocenters.